The molecule has 1 saturated heterocycles. The summed E-state index contributed by atoms with van der Waals surface area (Å²) in [7, 11) is 1.43. The van der Waals surface area contributed by atoms with E-state index in [9.17, 15) is 28.1 Å². The highest BCUT2D eigenvalue weighted by Gasteiger charge is 2.32. The molecule has 0 unspecified atom stereocenters. The van der Waals surface area contributed by atoms with Crippen molar-refractivity contribution in [1.29, 1.82) is 0 Å². The van der Waals surface area contributed by atoms with Gasteiger partial charge in [0.25, 0.3) is 11.6 Å². The Morgan fingerprint density at radius 2 is 2.00 bits per heavy atom. The van der Waals surface area contributed by atoms with Gasteiger partial charge in [-0.25, -0.2) is 0 Å². The summed E-state index contributed by atoms with van der Waals surface area (Å²) in [6.07, 6.45) is -2.96. The summed E-state index contributed by atoms with van der Waals surface area (Å²) < 4.78 is 37.2. The SMILES string of the molecule is CNC(=O)c1cc([N+](=O)[O-])ccc1NCC1CCN(CC(F)(F)F)CC1. The molecule has 1 aliphatic rings. The molecule has 1 amide bonds. The van der Waals surface area contributed by atoms with Crippen LogP contribution in [-0.4, -0.2) is 55.1 Å². The van der Waals surface area contributed by atoms with Crippen LogP contribution >= 0.6 is 0 Å². The highest BCUT2D eigenvalue weighted by Crippen LogP contribution is 2.25. The molecule has 0 spiro atoms. The molecule has 144 valence electrons. The number of likely N-dealkylation sites (tertiary alicyclic amines) is 1. The predicted molar refractivity (Wildman–Crippen MR) is 90.2 cm³/mol. The monoisotopic (exact) mass is 374 g/mol. The fourth-order valence-corrected chi connectivity index (χ4v) is 2.98. The molecule has 10 heteroatoms. The van der Waals surface area contributed by atoms with E-state index in [1.807, 2.05) is 0 Å². The van der Waals surface area contributed by atoms with Gasteiger partial charge in [0.15, 0.2) is 0 Å². The molecule has 7 nitrogen and oxygen atoms in total. The number of nitrogens with one attached hydrogen (secondary N) is 2. The molecule has 0 bridgehead atoms. The van der Waals surface area contributed by atoms with Crippen LogP contribution in [0.15, 0.2) is 18.2 Å². The van der Waals surface area contributed by atoms with Gasteiger partial charge in [0.05, 0.1) is 17.0 Å². The summed E-state index contributed by atoms with van der Waals surface area (Å²) in [5.41, 5.74) is 0.443. The molecule has 2 N–H and O–H groups in total. The first-order valence-electron chi connectivity index (χ1n) is 8.23. The van der Waals surface area contributed by atoms with Crippen LogP contribution in [0.2, 0.25) is 0 Å². The predicted octanol–water partition coefficient (Wildman–Crippen LogP) is 2.64. The average molecular weight is 374 g/mol. The summed E-state index contributed by atoms with van der Waals surface area (Å²) in [6.45, 7) is 0.334. The van der Waals surface area contributed by atoms with E-state index < -0.39 is 23.6 Å². The van der Waals surface area contributed by atoms with Gasteiger partial charge in [-0.3, -0.25) is 19.8 Å². The van der Waals surface area contributed by atoms with Gasteiger partial charge in [0.2, 0.25) is 0 Å². The second kappa shape index (κ2) is 8.35. The van der Waals surface area contributed by atoms with Crippen LogP contribution in [0.1, 0.15) is 23.2 Å². The van der Waals surface area contributed by atoms with Gasteiger partial charge >= 0.3 is 6.18 Å². The van der Waals surface area contributed by atoms with Crippen LogP contribution in [0, 0.1) is 16.0 Å². The van der Waals surface area contributed by atoms with Crippen LogP contribution in [0.5, 0.6) is 0 Å². The second-order valence-corrected chi connectivity index (χ2v) is 6.28. The van der Waals surface area contributed by atoms with E-state index in [0.29, 0.717) is 38.2 Å². The molecule has 1 aliphatic heterocycles. The number of alkyl halides is 3. The minimum atomic E-state index is -4.19. The zero-order valence-corrected chi connectivity index (χ0v) is 14.3. The Morgan fingerprint density at radius 3 is 2.54 bits per heavy atom. The van der Waals surface area contributed by atoms with Gasteiger partial charge in [-0.2, -0.15) is 13.2 Å². The first-order valence-corrected chi connectivity index (χ1v) is 8.23. The molecule has 1 aromatic rings. The Bertz CT molecular complexity index is 659. The van der Waals surface area contributed by atoms with Crippen molar-refractivity contribution in [3.8, 4) is 0 Å². The summed E-state index contributed by atoms with van der Waals surface area (Å²) in [4.78, 5) is 23.6. The van der Waals surface area contributed by atoms with Crippen LogP contribution in [0.4, 0.5) is 24.5 Å². The summed E-state index contributed by atoms with van der Waals surface area (Å²) in [5.74, 6) is -0.275. The van der Waals surface area contributed by atoms with E-state index in [1.165, 1.54) is 30.1 Å². The lowest BCUT2D eigenvalue weighted by atomic mass is 9.96. The Balaban J connectivity index is 1.95. The standard InChI is InChI=1S/C16H21F3N4O3/c1-20-15(24)13-8-12(23(25)26)2-3-14(13)21-9-11-4-6-22(7-5-11)10-16(17,18)19/h2-3,8,11,21H,4-7,9-10H2,1H3,(H,20,24). The fourth-order valence-electron chi connectivity index (χ4n) is 2.98. The van der Waals surface area contributed by atoms with E-state index in [1.54, 1.807) is 0 Å². The number of nitro benzene ring substituents is 1. The number of hydrogen-bond donors (Lipinski definition) is 2. The van der Waals surface area contributed by atoms with E-state index in [4.69, 9.17) is 0 Å². The molecule has 0 radical (unpaired) electrons. The van der Waals surface area contributed by atoms with Crippen molar-refractivity contribution in [2.24, 2.45) is 5.92 Å². The van der Waals surface area contributed by atoms with Crippen LogP contribution in [-0.2, 0) is 0 Å². The number of carbonyl (C=O) groups excluding carboxylic acids is 1. The molecule has 1 aromatic carbocycles. The Hall–Kier alpha value is -2.36. The third kappa shape index (κ3) is 5.58. The number of hydrogen-bond acceptors (Lipinski definition) is 5. The Kier molecular flexibility index (Phi) is 6.41. The summed E-state index contributed by atoms with van der Waals surface area (Å²) >= 11 is 0. The quantitative estimate of drug-likeness (QED) is 0.590. The van der Waals surface area contributed by atoms with Crippen molar-refractivity contribution in [3.05, 3.63) is 33.9 Å². The molecular formula is C16H21F3N4O3. The van der Waals surface area contributed by atoms with Gasteiger partial charge in [0, 0.05) is 31.4 Å². The molecule has 1 heterocycles. The number of anilines is 1. The highest BCUT2D eigenvalue weighted by atomic mass is 19.4. The first kappa shape index (κ1) is 20.0. The Morgan fingerprint density at radius 1 is 1.35 bits per heavy atom. The van der Waals surface area contributed by atoms with Gasteiger partial charge in [-0.15, -0.1) is 0 Å². The molecule has 2 rings (SSSR count). The molecule has 0 aromatic heterocycles. The highest BCUT2D eigenvalue weighted by molar-refractivity contribution is 6.00. The van der Waals surface area contributed by atoms with E-state index in [-0.39, 0.29) is 17.2 Å². The lowest BCUT2D eigenvalue weighted by Gasteiger charge is -2.32. The minimum Gasteiger partial charge on any atom is -0.384 e. The summed E-state index contributed by atoms with van der Waals surface area (Å²) in [6, 6.07) is 3.98. The van der Waals surface area contributed by atoms with Crippen molar-refractivity contribution >= 4 is 17.3 Å². The lowest BCUT2D eigenvalue weighted by Crippen LogP contribution is -2.41. The number of nitro groups is 1. The number of piperidine rings is 1. The van der Waals surface area contributed by atoms with Crippen molar-refractivity contribution in [2.45, 2.75) is 19.0 Å². The third-order valence-corrected chi connectivity index (χ3v) is 4.38. The van der Waals surface area contributed by atoms with Crippen molar-refractivity contribution in [2.75, 3.05) is 38.5 Å². The maximum absolute atomic E-state index is 12.4. The molecule has 1 fully saturated rings. The number of benzene rings is 1. The zero-order valence-electron chi connectivity index (χ0n) is 14.3. The number of carbonyl (C=O) groups is 1. The molecular weight excluding hydrogens is 353 g/mol. The van der Waals surface area contributed by atoms with E-state index >= 15 is 0 Å². The molecule has 0 atom stereocenters. The van der Waals surface area contributed by atoms with Gasteiger partial charge in [-0.05, 0) is 37.9 Å². The van der Waals surface area contributed by atoms with Crippen molar-refractivity contribution in [3.63, 3.8) is 0 Å². The van der Waals surface area contributed by atoms with E-state index in [0.717, 1.165) is 0 Å². The van der Waals surface area contributed by atoms with Crippen LogP contribution < -0.4 is 10.6 Å². The summed E-state index contributed by atoms with van der Waals surface area (Å²) in [5, 5.41) is 16.4. The van der Waals surface area contributed by atoms with Crippen LogP contribution in [0.25, 0.3) is 0 Å². The number of nitrogens with zero attached hydrogens (tertiary/aromatic N) is 2. The number of rotatable bonds is 6. The molecule has 0 saturated carbocycles. The number of halogens is 3. The first-order chi connectivity index (χ1) is 12.2. The fraction of sp³-hybridized carbons (Fsp3) is 0.562. The third-order valence-electron chi connectivity index (χ3n) is 4.38. The number of amides is 1. The largest absolute Gasteiger partial charge is 0.401 e. The smallest absolute Gasteiger partial charge is 0.384 e. The topological polar surface area (TPSA) is 87.5 Å². The van der Waals surface area contributed by atoms with Gasteiger partial charge in [-0.1, -0.05) is 0 Å². The van der Waals surface area contributed by atoms with E-state index in [2.05, 4.69) is 10.6 Å². The minimum absolute atomic E-state index is 0.163. The maximum Gasteiger partial charge on any atom is 0.401 e. The lowest BCUT2D eigenvalue weighted by molar-refractivity contribution is -0.384. The maximum atomic E-state index is 12.4. The Labute approximate surface area is 148 Å². The van der Waals surface area contributed by atoms with Gasteiger partial charge in [0.1, 0.15) is 0 Å². The average Bonchev–Trinajstić information content (AvgIpc) is 2.59. The number of non-ortho nitro benzene ring substituents is 1. The molecule has 26 heavy (non-hydrogen) atoms. The van der Waals surface area contributed by atoms with Crippen molar-refractivity contribution in [1.82, 2.24) is 10.2 Å². The normalized spacial score (nSPS) is 16.3. The van der Waals surface area contributed by atoms with Crippen molar-refractivity contribution < 1.29 is 22.9 Å². The second-order valence-electron chi connectivity index (χ2n) is 6.28. The van der Waals surface area contributed by atoms with Gasteiger partial charge < -0.3 is 10.6 Å². The van der Waals surface area contributed by atoms with Crippen LogP contribution in [0.3, 0.4) is 0 Å². The molecule has 0 aliphatic carbocycles. The zero-order chi connectivity index (χ0) is 19.3.